The van der Waals surface area contributed by atoms with Gasteiger partial charge in [-0.3, -0.25) is 4.79 Å². The molecule has 0 spiro atoms. The lowest BCUT2D eigenvalue weighted by Gasteiger charge is -2.01. The van der Waals surface area contributed by atoms with Gasteiger partial charge in [-0.15, -0.1) is 0 Å². The Labute approximate surface area is 59.2 Å². The smallest absolute Gasteiger partial charge is 0.310 e. The summed E-state index contributed by atoms with van der Waals surface area (Å²) in [5.74, 6) is 1.46. The number of carboxylic acid groups (broad SMARTS) is 1. The monoisotopic (exact) mass is 138 g/mol. The predicted molar refractivity (Wildman–Crippen MR) is 34.4 cm³/mol. The molecule has 1 N–H and O–H groups in total. The van der Waals surface area contributed by atoms with Crippen molar-refractivity contribution in [3.05, 3.63) is 0 Å². The molecule has 4 fully saturated rings. The molecule has 0 amide bonds. The van der Waals surface area contributed by atoms with E-state index in [4.69, 9.17) is 5.11 Å². The molecule has 0 saturated heterocycles. The number of hydrogen-bond acceptors (Lipinski definition) is 1. The Morgan fingerprint density at radius 1 is 1.40 bits per heavy atom. The van der Waals surface area contributed by atoms with Crippen molar-refractivity contribution >= 4 is 5.97 Å². The molecule has 0 heterocycles. The normalized spacial score (nSPS) is 61.0. The molecule has 10 heavy (non-hydrogen) atoms. The fourth-order valence-electron chi connectivity index (χ4n) is 3.52. The van der Waals surface area contributed by atoms with Crippen molar-refractivity contribution in [1.82, 2.24) is 0 Å². The van der Waals surface area contributed by atoms with Gasteiger partial charge in [-0.25, -0.2) is 0 Å². The highest BCUT2D eigenvalue weighted by molar-refractivity contribution is 5.81. The van der Waals surface area contributed by atoms with Crippen molar-refractivity contribution in [2.45, 2.75) is 19.3 Å². The van der Waals surface area contributed by atoms with Gasteiger partial charge in [0.25, 0.3) is 0 Å². The standard InChI is InChI=1S/C8H10O2/c9-7(10)8-3-4-1-5(8)6(8)2-4/h4-6H,1-3H2,(H,9,10)/t4?,5-,6-,8?/m1/s1. The second-order valence-corrected chi connectivity index (χ2v) is 4.10. The molecular formula is C8H10O2. The Bertz CT molecular complexity index is 209. The lowest BCUT2D eigenvalue weighted by atomic mass is 10.1. The van der Waals surface area contributed by atoms with Crippen LogP contribution < -0.4 is 0 Å². The molecule has 4 rings (SSSR count). The Kier molecular flexibility index (Phi) is 0.582. The summed E-state index contributed by atoms with van der Waals surface area (Å²) in [5.41, 5.74) is -0.190. The second-order valence-electron chi connectivity index (χ2n) is 4.10. The first-order valence-corrected chi connectivity index (χ1v) is 3.98. The number of aliphatic carboxylic acids is 1. The first-order valence-electron chi connectivity index (χ1n) is 3.98. The summed E-state index contributed by atoms with van der Waals surface area (Å²) in [4.78, 5) is 10.8. The van der Waals surface area contributed by atoms with Gasteiger partial charge >= 0.3 is 5.97 Å². The van der Waals surface area contributed by atoms with E-state index in [1.54, 1.807) is 0 Å². The summed E-state index contributed by atoms with van der Waals surface area (Å²) in [7, 11) is 0. The molecule has 4 saturated carbocycles. The summed E-state index contributed by atoms with van der Waals surface area (Å²) < 4.78 is 0. The van der Waals surface area contributed by atoms with Gasteiger partial charge in [0, 0.05) is 0 Å². The molecule has 0 unspecified atom stereocenters. The third kappa shape index (κ3) is 0.297. The van der Waals surface area contributed by atoms with Crippen LogP contribution in [0.25, 0.3) is 0 Å². The molecule has 0 aromatic heterocycles. The van der Waals surface area contributed by atoms with Gasteiger partial charge in [0.05, 0.1) is 5.41 Å². The lowest BCUT2D eigenvalue weighted by Crippen LogP contribution is -2.14. The van der Waals surface area contributed by atoms with E-state index in [9.17, 15) is 4.79 Å². The lowest BCUT2D eigenvalue weighted by molar-refractivity contribution is -0.143. The molecule has 4 aliphatic carbocycles. The predicted octanol–water partition coefficient (Wildman–Crippen LogP) is 1.12. The van der Waals surface area contributed by atoms with E-state index in [1.165, 1.54) is 12.8 Å². The first kappa shape index (κ1) is 5.16. The maximum absolute atomic E-state index is 10.8. The highest BCUT2D eigenvalue weighted by atomic mass is 16.4. The van der Waals surface area contributed by atoms with Crippen molar-refractivity contribution in [2.75, 3.05) is 0 Å². The summed E-state index contributed by atoms with van der Waals surface area (Å²) in [5, 5.41) is 8.91. The van der Waals surface area contributed by atoms with Gasteiger partial charge < -0.3 is 5.11 Å². The molecule has 4 aliphatic rings. The van der Waals surface area contributed by atoms with Crippen molar-refractivity contribution in [3.63, 3.8) is 0 Å². The highest BCUT2D eigenvalue weighted by Gasteiger charge is 2.78. The Hall–Kier alpha value is -0.530. The molecule has 54 valence electrons. The minimum absolute atomic E-state index is 0.190. The van der Waals surface area contributed by atoms with E-state index < -0.39 is 5.97 Å². The zero-order valence-corrected chi connectivity index (χ0v) is 5.71. The van der Waals surface area contributed by atoms with Crippen LogP contribution in [0.15, 0.2) is 0 Å². The largest absolute Gasteiger partial charge is 0.481 e. The molecule has 2 atom stereocenters. The van der Waals surface area contributed by atoms with Crippen molar-refractivity contribution < 1.29 is 9.90 Å². The molecule has 2 heteroatoms. The number of carbonyl (C=O) groups is 1. The summed E-state index contributed by atoms with van der Waals surface area (Å²) in [6.07, 6.45) is 3.44. The molecule has 0 aromatic rings. The van der Waals surface area contributed by atoms with Crippen LogP contribution in [-0.2, 0) is 4.79 Å². The Morgan fingerprint density at radius 2 is 2.00 bits per heavy atom. The van der Waals surface area contributed by atoms with Gasteiger partial charge in [0.15, 0.2) is 0 Å². The zero-order valence-electron chi connectivity index (χ0n) is 5.71. The van der Waals surface area contributed by atoms with E-state index >= 15 is 0 Å². The molecule has 0 aromatic carbocycles. The molecule has 2 nitrogen and oxygen atoms in total. The van der Waals surface area contributed by atoms with Crippen LogP contribution in [-0.4, -0.2) is 11.1 Å². The Morgan fingerprint density at radius 3 is 2.20 bits per heavy atom. The molecule has 4 bridgehead atoms. The quantitative estimate of drug-likeness (QED) is 0.589. The fraction of sp³-hybridized carbons (Fsp3) is 0.875. The van der Waals surface area contributed by atoms with Crippen LogP contribution in [0.2, 0.25) is 0 Å². The van der Waals surface area contributed by atoms with Crippen LogP contribution in [0, 0.1) is 23.2 Å². The number of carboxylic acids is 1. The van der Waals surface area contributed by atoms with E-state index in [2.05, 4.69) is 0 Å². The van der Waals surface area contributed by atoms with Crippen LogP contribution in [0.5, 0.6) is 0 Å². The minimum Gasteiger partial charge on any atom is -0.481 e. The fourth-order valence-corrected chi connectivity index (χ4v) is 3.52. The van der Waals surface area contributed by atoms with Gasteiger partial charge in [0.1, 0.15) is 0 Å². The summed E-state index contributed by atoms with van der Waals surface area (Å²) >= 11 is 0. The second kappa shape index (κ2) is 1.13. The maximum atomic E-state index is 10.8. The van der Waals surface area contributed by atoms with Gasteiger partial charge in [-0.05, 0) is 37.0 Å². The Balaban J connectivity index is 2.06. The van der Waals surface area contributed by atoms with Crippen molar-refractivity contribution in [2.24, 2.45) is 23.2 Å². The van der Waals surface area contributed by atoms with E-state index in [0.29, 0.717) is 11.8 Å². The van der Waals surface area contributed by atoms with Crippen LogP contribution in [0.4, 0.5) is 0 Å². The van der Waals surface area contributed by atoms with Gasteiger partial charge in [-0.1, -0.05) is 0 Å². The first-order chi connectivity index (χ1) is 4.75. The summed E-state index contributed by atoms with van der Waals surface area (Å²) in [6.45, 7) is 0. The molecule has 0 radical (unpaired) electrons. The topological polar surface area (TPSA) is 37.3 Å². The van der Waals surface area contributed by atoms with Crippen LogP contribution in [0.1, 0.15) is 19.3 Å². The van der Waals surface area contributed by atoms with E-state index in [0.717, 1.165) is 12.3 Å². The third-order valence-electron chi connectivity index (χ3n) is 3.90. The third-order valence-corrected chi connectivity index (χ3v) is 3.90. The molecular weight excluding hydrogens is 128 g/mol. The van der Waals surface area contributed by atoms with Crippen LogP contribution in [0.3, 0.4) is 0 Å². The van der Waals surface area contributed by atoms with Crippen molar-refractivity contribution in [1.29, 1.82) is 0 Å². The minimum atomic E-state index is -0.512. The highest BCUT2D eigenvalue weighted by Crippen LogP contribution is 2.79. The molecule has 0 aliphatic heterocycles. The average Bonchev–Trinajstić information content (AvgIpc) is 2.42. The number of rotatable bonds is 1. The van der Waals surface area contributed by atoms with E-state index in [-0.39, 0.29) is 5.41 Å². The SMILES string of the molecule is O=C(O)C12CC3C[C@@H]1[C@H]2C3. The average molecular weight is 138 g/mol. The van der Waals surface area contributed by atoms with Gasteiger partial charge in [-0.2, -0.15) is 0 Å². The zero-order chi connectivity index (χ0) is 6.93. The summed E-state index contributed by atoms with van der Waals surface area (Å²) in [6, 6.07) is 0. The van der Waals surface area contributed by atoms with Crippen molar-refractivity contribution in [3.8, 4) is 0 Å². The van der Waals surface area contributed by atoms with E-state index in [1.807, 2.05) is 0 Å². The van der Waals surface area contributed by atoms with Gasteiger partial charge in [0.2, 0.25) is 0 Å². The number of hydrogen-bond donors (Lipinski definition) is 1. The van der Waals surface area contributed by atoms with Crippen LogP contribution >= 0.6 is 0 Å². The maximum Gasteiger partial charge on any atom is 0.310 e.